The second kappa shape index (κ2) is 8.57. The quantitative estimate of drug-likeness (QED) is 0.497. The molecule has 2 rings (SSSR count). The lowest BCUT2D eigenvalue weighted by Gasteiger charge is -2.27. The molecule has 25 heavy (non-hydrogen) atoms. The van der Waals surface area contributed by atoms with Crippen molar-refractivity contribution in [2.24, 2.45) is 15.9 Å². The predicted molar refractivity (Wildman–Crippen MR) is 111 cm³/mol. The van der Waals surface area contributed by atoms with Crippen LogP contribution in [0.1, 0.15) is 37.8 Å². The summed E-state index contributed by atoms with van der Waals surface area (Å²) in [6.45, 7) is 20.3. The summed E-state index contributed by atoms with van der Waals surface area (Å²) in [7, 11) is 0. The Hall–Kier alpha value is -2.48. The molecular weight excluding hydrogens is 304 g/mol. The highest BCUT2D eigenvalue weighted by Crippen LogP contribution is 2.30. The van der Waals surface area contributed by atoms with Crippen LogP contribution in [0.4, 0.5) is 0 Å². The van der Waals surface area contributed by atoms with Gasteiger partial charge in [0.1, 0.15) is 0 Å². The number of fused-ring (bicyclic) bond motifs is 1. The minimum Gasteiger partial charge on any atom is -0.290 e. The number of benzene rings is 1. The van der Waals surface area contributed by atoms with Crippen molar-refractivity contribution in [1.82, 2.24) is 0 Å². The Morgan fingerprint density at radius 1 is 1.24 bits per heavy atom. The maximum Gasteiger partial charge on any atom is 0.0701 e. The third-order valence-corrected chi connectivity index (χ3v) is 4.56. The van der Waals surface area contributed by atoms with Gasteiger partial charge in [-0.3, -0.25) is 9.98 Å². The fourth-order valence-electron chi connectivity index (χ4n) is 3.36. The molecule has 0 amide bonds. The minimum atomic E-state index is 0.0862. The van der Waals surface area contributed by atoms with E-state index in [1.807, 2.05) is 32.1 Å². The molecule has 130 valence electrons. The Bertz CT molecular complexity index is 745. The normalized spacial score (nSPS) is 20.7. The van der Waals surface area contributed by atoms with E-state index >= 15 is 0 Å². The van der Waals surface area contributed by atoms with E-state index in [2.05, 4.69) is 44.5 Å². The number of aliphatic imine (C=N–C) groups is 2. The van der Waals surface area contributed by atoms with E-state index in [9.17, 15) is 0 Å². The summed E-state index contributed by atoms with van der Waals surface area (Å²) in [5.41, 5.74) is 6.21. The van der Waals surface area contributed by atoms with Gasteiger partial charge < -0.3 is 0 Å². The van der Waals surface area contributed by atoms with Crippen LogP contribution in [-0.2, 0) is 6.42 Å². The highest BCUT2D eigenvalue weighted by molar-refractivity contribution is 6.09. The fourth-order valence-corrected chi connectivity index (χ4v) is 3.36. The second-order valence-corrected chi connectivity index (χ2v) is 6.70. The first-order chi connectivity index (χ1) is 12.0. The van der Waals surface area contributed by atoms with Crippen LogP contribution < -0.4 is 0 Å². The SMILES string of the molecule is C=CC(=C)C1CCc2ccccc2C(C=C)=NC(=C)CC1N=C(C)C. The van der Waals surface area contributed by atoms with E-state index in [-0.39, 0.29) is 12.0 Å². The van der Waals surface area contributed by atoms with Gasteiger partial charge in [-0.25, -0.2) is 0 Å². The molecule has 0 N–H and O–H groups in total. The number of hydrogen-bond acceptors (Lipinski definition) is 2. The Kier molecular flexibility index (Phi) is 6.46. The fraction of sp³-hybridized carbons (Fsp3) is 0.304. The lowest BCUT2D eigenvalue weighted by molar-refractivity contribution is 0.453. The second-order valence-electron chi connectivity index (χ2n) is 6.70. The zero-order valence-corrected chi connectivity index (χ0v) is 15.5. The first-order valence-electron chi connectivity index (χ1n) is 8.75. The van der Waals surface area contributed by atoms with Crippen molar-refractivity contribution in [3.8, 4) is 0 Å². The van der Waals surface area contributed by atoms with E-state index in [0.29, 0.717) is 6.42 Å². The van der Waals surface area contributed by atoms with Crippen LogP contribution in [0.25, 0.3) is 0 Å². The summed E-state index contributed by atoms with van der Waals surface area (Å²) in [5.74, 6) is 0.234. The standard InChI is InChI=1S/C23H28N2/c1-7-17(5)20-14-13-19-11-9-10-12-21(19)22(8-2)25-18(6)15-23(20)24-16(3)4/h7-12,20,23H,1-2,5-6,13-15H2,3-4H3. The van der Waals surface area contributed by atoms with Crippen molar-refractivity contribution in [2.45, 2.75) is 39.2 Å². The smallest absolute Gasteiger partial charge is 0.0701 e. The highest BCUT2D eigenvalue weighted by Gasteiger charge is 2.25. The van der Waals surface area contributed by atoms with Crippen LogP contribution in [0.2, 0.25) is 0 Å². The third kappa shape index (κ3) is 4.76. The molecule has 0 fully saturated rings. The van der Waals surface area contributed by atoms with E-state index in [0.717, 1.165) is 41.1 Å². The molecule has 0 radical (unpaired) electrons. The van der Waals surface area contributed by atoms with Crippen LogP contribution in [0.15, 0.2) is 84.0 Å². The molecule has 0 spiro atoms. The van der Waals surface area contributed by atoms with Gasteiger partial charge in [0, 0.05) is 29.3 Å². The van der Waals surface area contributed by atoms with Crippen molar-refractivity contribution in [2.75, 3.05) is 0 Å². The number of nitrogens with zero attached hydrogens (tertiary/aromatic N) is 2. The lowest BCUT2D eigenvalue weighted by Crippen LogP contribution is -2.23. The molecule has 0 aromatic heterocycles. The van der Waals surface area contributed by atoms with Crippen LogP contribution in [-0.4, -0.2) is 17.5 Å². The van der Waals surface area contributed by atoms with Gasteiger partial charge in [0.15, 0.2) is 0 Å². The van der Waals surface area contributed by atoms with Gasteiger partial charge in [-0.05, 0) is 38.3 Å². The lowest BCUT2D eigenvalue weighted by atomic mass is 9.83. The predicted octanol–water partition coefficient (Wildman–Crippen LogP) is 5.72. The summed E-state index contributed by atoms with van der Waals surface area (Å²) < 4.78 is 0. The molecule has 1 aromatic carbocycles. The maximum atomic E-state index is 4.87. The number of hydrogen-bond donors (Lipinski definition) is 0. The van der Waals surface area contributed by atoms with Gasteiger partial charge in [-0.1, -0.05) is 62.2 Å². The summed E-state index contributed by atoms with van der Waals surface area (Å²) in [5, 5.41) is 0. The molecular formula is C23H28N2. The summed E-state index contributed by atoms with van der Waals surface area (Å²) in [6.07, 6.45) is 6.30. The van der Waals surface area contributed by atoms with Gasteiger partial charge in [0.25, 0.3) is 0 Å². The molecule has 0 aliphatic carbocycles. The van der Waals surface area contributed by atoms with Crippen molar-refractivity contribution < 1.29 is 0 Å². The van der Waals surface area contributed by atoms with Crippen molar-refractivity contribution in [1.29, 1.82) is 0 Å². The largest absolute Gasteiger partial charge is 0.290 e. The number of rotatable bonds is 4. The monoisotopic (exact) mass is 332 g/mol. The summed E-state index contributed by atoms with van der Waals surface area (Å²) >= 11 is 0. The van der Waals surface area contributed by atoms with Gasteiger partial charge in [-0.15, -0.1) is 0 Å². The molecule has 0 bridgehead atoms. The molecule has 1 aliphatic heterocycles. The number of aryl methyl sites for hydroxylation is 1. The van der Waals surface area contributed by atoms with Crippen molar-refractivity contribution in [3.63, 3.8) is 0 Å². The average Bonchev–Trinajstić information content (AvgIpc) is 2.59. The Balaban J connectivity index is 2.54. The Morgan fingerprint density at radius 3 is 2.60 bits per heavy atom. The Morgan fingerprint density at radius 2 is 1.96 bits per heavy atom. The van der Waals surface area contributed by atoms with Crippen LogP contribution >= 0.6 is 0 Å². The van der Waals surface area contributed by atoms with E-state index in [1.54, 1.807) is 0 Å². The topological polar surface area (TPSA) is 24.7 Å². The van der Waals surface area contributed by atoms with E-state index in [4.69, 9.17) is 9.98 Å². The van der Waals surface area contributed by atoms with Gasteiger partial charge in [0.2, 0.25) is 0 Å². The Labute approximate surface area is 152 Å². The average molecular weight is 332 g/mol. The number of allylic oxidation sites excluding steroid dienone is 2. The third-order valence-electron chi connectivity index (χ3n) is 4.56. The van der Waals surface area contributed by atoms with E-state index < -0.39 is 0 Å². The molecule has 2 unspecified atom stereocenters. The van der Waals surface area contributed by atoms with Crippen LogP contribution in [0.3, 0.4) is 0 Å². The first-order valence-corrected chi connectivity index (χ1v) is 8.75. The first kappa shape index (κ1) is 18.9. The van der Waals surface area contributed by atoms with Crippen LogP contribution in [0.5, 0.6) is 0 Å². The molecule has 1 aromatic rings. The molecule has 2 nitrogen and oxygen atoms in total. The molecule has 1 aliphatic rings. The molecule has 0 saturated heterocycles. The van der Waals surface area contributed by atoms with E-state index in [1.165, 1.54) is 5.56 Å². The highest BCUT2D eigenvalue weighted by atomic mass is 14.8. The summed E-state index contributed by atoms with van der Waals surface area (Å²) in [4.78, 5) is 9.62. The minimum absolute atomic E-state index is 0.0862. The maximum absolute atomic E-state index is 4.87. The van der Waals surface area contributed by atoms with Gasteiger partial charge in [0.05, 0.1) is 11.8 Å². The van der Waals surface area contributed by atoms with Gasteiger partial charge >= 0.3 is 0 Å². The van der Waals surface area contributed by atoms with Crippen molar-refractivity contribution in [3.05, 3.63) is 85.1 Å². The molecule has 0 saturated carbocycles. The van der Waals surface area contributed by atoms with Crippen molar-refractivity contribution >= 4 is 11.4 Å². The summed E-state index contributed by atoms with van der Waals surface area (Å²) in [6, 6.07) is 8.47. The van der Waals surface area contributed by atoms with Crippen LogP contribution in [0, 0.1) is 5.92 Å². The van der Waals surface area contributed by atoms with Gasteiger partial charge in [-0.2, -0.15) is 0 Å². The zero-order chi connectivity index (χ0) is 18.4. The molecule has 1 heterocycles. The molecule has 2 heteroatoms. The zero-order valence-electron chi connectivity index (χ0n) is 15.5. The molecule has 2 atom stereocenters.